The number of rotatable bonds is 6. The first-order valence-corrected chi connectivity index (χ1v) is 9.56. The van der Waals surface area contributed by atoms with E-state index in [9.17, 15) is 14.4 Å². The smallest absolute Gasteiger partial charge is 0.266 e. The molecule has 3 aromatic rings. The lowest BCUT2D eigenvalue weighted by Crippen LogP contribution is -2.14. The van der Waals surface area contributed by atoms with Crippen LogP contribution in [0.3, 0.4) is 0 Å². The standard InChI is InChI=1S/C23H15Cl2FN2O2/c24-18-8-5-15(6-9-18)14-30-22-10-7-16(12-19(22)25)11-17(13-27)23(29)28-21-4-2-1-3-20(21)26/h1-12H,14H2,(H,28,29)/b17-11+. The summed E-state index contributed by atoms with van der Waals surface area (Å²) >= 11 is 12.1. The molecule has 4 nitrogen and oxygen atoms in total. The largest absolute Gasteiger partial charge is 0.487 e. The summed E-state index contributed by atoms with van der Waals surface area (Å²) in [5, 5.41) is 12.7. The number of para-hydroxylation sites is 1. The van der Waals surface area contributed by atoms with E-state index < -0.39 is 11.7 Å². The van der Waals surface area contributed by atoms with E-state index in [0.717, 1.165) is 5.56 Å². The lowest BCUT2D eigenvalue weighted by Gasteiger charge is -2.09. The highest BCUT2D eigenvalue weighted by atomic mass is 35.5. The van der Waals surface area contributed by atoms with Crippen molar-refractivity contribution in [1.29, 1.82) is 5.26 Å². The highest BCUT2D eigenvalue weighted by molar-refractivity contribution is 6.32. The number of hydrogen-bond acceptors (Lipinski definition) is 3. The van der Waals surface area contributed by atoms with Crippen LogP contribution in [0.2, 0.25) is 10.0 Å². The molecule has 0 spiro atoms. The molecule has 1 amide bonds. The molecule has 0 aromatic heterocycles. The van der Waals surface area contributed by atoms with Crippen molar-refractivity contribution in [3.8, 4) is 11.8 Å². The summed E-state index contributed by atoms with van der Waals surface area (Å²) < 4.78 is 19.4. The molecule has 0 saturated heterocycles. The van der Waals surface area contributed by atoms with Gasteiger partial charge in [-0.1, -0.05) is 53.5 Å². The Balaban J connectivity index is 1.71. The summed E-state index contributed by atoms with van der Waals surface area (Å²) in [6.07, 6.45) is 1.37. The van der Waals surface area contributed by atoms with Crippen LogP contribution in [0.5, 0.6) is 5.75 Å². The third-order valence-electron chi connectivity index (χ3n) is 4.06. The normalized spacial score (nSPS) is 10.9. The van der Waals surface area contributed by atoms with Gasteiger partial charge in [0.1, 0.15) is 29.8 Å². The van der Waals surface area contributed by atoms with Gasteiger partial charge in [-0.3, -0.25) is 4.79 Å². The minimum absolute atomic E-state index is 0.00682. The molecule has 30 heavy (non-hydrogen) atoms. The van der Waals surface area contributed by atoms with E-state index >= 15 is 0 Å². The highest BCUT2D eigenvalue weighted by Crippen LogP contribution is 2.27. The van der Waals surface area contributed by atoms with E-state index in [2.05, 4.69) is 5.32 Å². The van der Waals surface area contributed by atoms with E-state index in [1.807, 2.05) is 18.2 Å². The van der Waals surface area contributed by atoms with Crippen LogP contribution in [0.25, 0.3) is 6.08 Å². The van der Waals surface area contributed by atoms with Crippen molar-refractivity contribution < 1.29 is 13.9 Å². The van der Waals surface area contributed by atoms with Gasteiger partial charge < -0.3 is 10.1 Å². The van der Waals surface area contributed by atoms with Crippen LogP contribution >= 0.6 is 23.2 Å². The minimum atomic E-state index is -0.721. The second-order valence-electron chi connectivity index (χ2n) is 6.21. The van der Waals surface area contributed by atoms with Gasteiger partial charge in [0.05, 0.1) is 10.7 Å². The SMILES string of the molecule is N#C/C(=C\c1ccc(OCc2ccc(Cl)cc2)c(Cl)c1)C(=O)Nc1ccccc1F. The average Bonchev–Trinajstić information content (AvgIpc) is 2.74. The van der Waals surface area contributed by atoms with Gasteiger partial charge in [0.15, 0.2) is 0 Å². The summed E-state index contributed by atoms with van der Waals surface area (Å²) in [7, 11) is 0. The summed E-state index contributed by atoms with van der Waals surface area (Å²) in [4.78, 5) is 12.3. The van der Waals surface area contributed by atoms with Gasteiger partial charge in [0, 0.05) is 5.02 Å². The number of anilines is 1. The van der Waals surface area contributed by atoms with Crippen LogP contribution in [-0.2, 0) is 11.4 Å². The van der Waals surface area contributed by atoms with E-state index in [0.29, 0.717) is 28.0 Å². The Morgan fingerprint density at radius 1 is 1.10 bits per heavy atom. The number of carbonyl (C=O) groups is 1. The molecule has 0 aliphatic heterocycles. The number of nitrogens with one attached hydrogen (secondary N) is 1. The lowest BCUT2D eigenvalue weighted by molar-refractivity contribution is -0.112. The second kappa shape index (κ2) is 9.93. The van der Waals surface area contributed by atoms with Crippen LogP contribution in [0.15, 0.2) is 72.3 Å². The Labute approximate surface area is 183 Å². The molecule has 7 heteroatoms. The Kier molecular flexibility index (Phi) is 7.08. The molecule has 0 aliphatic rings. The van der Waals surface area contributed by atoms with E-state index in [4.69, 9.17) is 27.9 Å². The number of hydrogen-bond donors (Lipinski definition) is 1. The van der Waals surface area contributed by atoms with E-state index in [-0.39, 0.29) is 11.3 Å². The fourth-order valence-electron chi connectivity index (χ4n) is 2.53. The molecule has 0 atom stereocenters. The fourth-order valence-corrected chi connectivity index (χ4v) is 2.90. The van der Waals surface area contributed by atoms with Crippen LogP contribution in [0.1, 0.15) is 11.1 Å². The maximum absolute atomic E-state index is 13.7. The Morgan fingerprint density at radius 3 is 2.50 bits per heavy atom. The Morgan fingerprint density at radius 2 is 1.83 bits per heavy atom. The Bertz CT molecular complexity index is 1140. The lowest BCUT2D eigenvalue weighted by atomic mass is 10.1. The van der Waals surface area contributed by atoms with Gasteiger partial charge in [-0.05, 0) is 53.6 Å². The van der Waals surface area contributed by atoms with Gasteiger partial charge in [0.2, 0.25) is 0 Å². The van der Waals surface area contributed by atoms with E-state index in [1.165, 1.54) is 24.3 Å². The predicted molar refractivity (Wildman–Crippen MR) is 116 cm³/mol. The summed E-state index contributed by atoms with van der Waals surface area (Å²) in [5.74, 6) is -0.853. The first-order valence-electron chi connectivity index (χ1n) is 8.81. The van der Waals surface area contributed by atoms with Crippen molar-refractivity contribution in [3.05, 3.63) is 99.3 Å². The van der Waals surface area contributed by atoms with E-state index in [1.54, 1.807) is 36.4 Å². The maximum atomic E-state index is 13.7. The quantitative estimate of drug-likeness (QED) is 0.363. The molecule has 0 radical (unpaired) electrons. The topological polar surface area (TPSA) is 62.1 Å². The van der Waals surface area contributed by atoms with Gasteiger partial charge >= 0.3 is 0 Å². The van der Waals surface area contributed by atoms with Crippen molar-refractivity contribution >= 4 is 40.9 Å². The second-order valence-corrected chi connectivity index (χ2v) is 7.05. The van der Waals surface area contributed by atoms with Gasteiger partial charge in [-0.2, -0.15) is 5.26 Å². The zero-order chi connectivity index (χ0) is 21.5. The molecule has 3 rings (SSSR count). The number of carbonyl (C=O) groups excluding carboxylic acids is 1. The third kappa shape index (κ3) is 5.60. The van der Waals surface area contributed by atoms with Crippen molar-refractivity contribution in [2.24, 2.45) is 0 Å². The monoisotopic (exact) mass is 440 g/mol. The summed E-state index contributed by atoms with van der Waals surface area (Å²) in [6.45, 7) is 0.306. The fraction of sp³-hybridized carbons (Fsp3) is 0.0435. The van der Waals surface area contributed by atoms with Crippen LogP contribution in [-0.4, -0.2) is 5.91 Å². The number of amides is 1. The zero-order valence-corrected chi connectivity index (χ0v) is 17.0. The average molecular weight is 441 g/mol. The number of ether oxygens (including phenoxy) is 1. The van der Waals surface area contributed by atoms with Crippen molar-refractivity contribution in [3.63, 3.8) is 0 Å². The molecule has 0 heterocycles. The number of nitrogens with zero attached hydrogens (tertiary/aromatic N) is 1. The minimum Gasteiger partial charge on any atom is -0.487 e. The van der Waals surface area contributed by atoms with Crippen LogP contribution < -0.4 is 10.1 Å². The summed E-state index contributed by atoms with van der Waals surface area (Å²) in [6, 6.07) is 19.6. The van der Waals surface area contributed by atoms with Gasteiger partial charge in [0.25, 0.3) is 5.91 Å². The maximum Gasteiger partial charge on any atom is 0.266 e. The number of nitriles is 1. The third-order valence-corrected chi connectivity index (χ3v) is 4.61. The molecule has 1 N–H and O–H groups in total. The molecule has 3 aromatic carbocycles. The van der Waals surface area contributed by atoms with Crippen molar-refractivity contribution in [2.45, 2.75) is 6.61 Å². The number of benzene rings is 3. The summed E-state index contributed by atoms with van der Waals surface area (Å²) in [5.41, 5.74) is 1.26. The molecule has 0 fully saturated rings. The molecule has 0 saturated carbocycles. The first-order chi connectivity index (χ1) is 14.5. The van der Waals surface area contributed by atoms with Crippen molar-refractivity contribution in [1.82, 2.24) is 0 Å². The van der Waals surface area contributed by atoms with Crippen LogP contribution in [0.4, 0.5) is 10.1 Å². The zero-order valence-electron chi connectivity index (χ0n) is 15.5. The molecule has 0 unspecified atom stereocenters. The molecular formula is C23H15Cl2FN2O2. The van der Waals surface area contributed by atoms with Crippen molar-refractivity contribution in [2.75, 3.05) is 5.32 Å². The van der Waals surface area contributed by atoms with Crippen LogP contribution in [0, 0.1) is 17.1 Å². The first kappa shape index (κ1) is 21.4. The van der Waals surface area contributed by atoms with Gasteiger partial charge in [-0.15, -0.1) is 0 Å². The highest BCUT2D eigenvalue weighted by Gasteiger charge is 2.12. The molecule has 0 bridgehead atoms. The molecule has 150 valence electrons. The molecule has 0 aliphatic carbocycles. The Hall–Kier alpha value is -3.33. The molecular weight excluding hydrogens is 426 g/mol. The predicted octanol–water partition coefficient (Wildman–Crippen LogP) is 6.26. The van der Waals surface area contributed by atoms with Gasteiger partial charge in [-0.25, -0.2) is 4.39 Å². The number of halogens is 3.